The van der Waals surface area contributed by atoms with Crippen molar-refractivity contribution in [1.29, 1.82) is 0 Å². The first-order valence-corrected chi connectivity index (χ1v) is 11.7. The van der Waals surface area contributed by atoms with E-state index in [0.29, 0.717) is 5.69 Å². The molecule has 0 radical (unpaired) electrons. The first kappa shape index (κ1) is 21.2. The standard InChI is InChI=1S/C18H22N4O5S2/c1-22(2)29(26,27)17-9-3-13(4-10-17)18(23)20-19-14-7-11-16(12-8-14)28(24,25)21-15-5-6-15/h3-4,7-12,15,19,21H,5-6H2,1-2H3,(H,20,23). The SMILES string of the molecule is CN(C)S(=O)(=O)c1ccc(C(=O)NNc2ccc(S(=O)(=O)NC3CC3)cc2)cc1. The maximum atomic E-state index is 12.2. The number of carbonyl (C=O) groups excluding carboxylic acids is 1. The molecule has 0 aromatic heterocycles. The monoisotopic (exact) mass is 438 g/mol. The van der Waals surface area contributed by atoms with Crippen molar-refractivity contribution < 1.29 is 21.6 Å². The molecule has 0 aliphatic heterocycles. The molecule has 156 valence electrons. The van der Waals surface area contributed by atoms with Crippen molar-refractivity contribution in [2.75, 3.05) is 19.5 Å². The number of nitrogens with zero attached hydrogens (tertiary/aromatic N) is 1. The molecule has 3 N–H and O–H groups in total. The van der Waals surface area contributed by atoms with E-state index < -0.39 is 26.0 Å². The van der Waals surface area contributed by atoms with Gasteiger partial charge in [-0.15, -0.1) is 0 Å². The van der Waals surface area contributed by atoms with Gasteiger partial charge in [-0.3, -0.25) is 15.6 Å². The second-order valence-corrected chi connectivity index (χ2v) is 10.7. The Bertz CT molecular complexity index is 1090. The van der Waals surface area contributed by atoms with Crippen LogP contribution in [0.3, 0.4) is 0 Å². The lowest BCUT2D eigenvalue weighted by Crippen LogP contribution is -2.29. The van der Waals surface area contributed by atoms with Gasteiger partial charge in [-0.2, -0.15) is 0 Å². The number of sulfonamides is 2. The number of benzene rings is 2. The molecule has 9 nitrogen and oxygen atoms in total. The Hall–Kier alpha value is -2.47. The minimum absolute atomic E-state index is 0.0243. The Morgan fingerprint density at radius 2 is 1.45 bits per heavy atom. The van der Waals surface area contributed by atoms with E-state index in [-0.39, 0.29) is 21.4 Å². The van der Waals surface area contributed by atoms with E-state index >= 15 is 0 Å². The Kier molecular flexibility index (Phi) is 5.94. The molecule has 0 saturated heterocycles. The third-order valence-electron chi connectivity index (χ3n) is 4.28. The highest BCUT2D eigenvalue weighted by Crippen LogP contribution is 2.22. The van der Waals surface area contributed by atoms with Gasteiger partial charge in [-0.1, -0.05) is 0 Å². The molecule has 1 aliphatic rings. The number of nitrogens with one attached hydrogen (secondary N) is 3. The van der Waals surface area contributed by atoms with E-state index in [1.165, 1.54) is 62.6 Å². The predicted molar refractivity (Wildman–Crippen MR) is 108 cm³/mol. The van der Waals surface area contributed by atoms with E-state index in [2.05, 4.69) is 15.6 Å². The van der Waals surface area contributed by atoms with Crippen LogP contribution in [-0.2, 0) is 20.0 Å². The Labute approximate surface area is 170 Å². The van der Waals surface area contributed by atoms with Crippen LogP contribution >= 0.6 is 0 Å². The molecule has 1 amide bonds. The van der Waals surface area contributed by atoms with Crippen molar-refractivity contribution in [3.63, 3.8) is 0 Å². The zero-order valence-corrected chi connectivity index (χ0v) is 17.5. The molecule has 0 heterocycles. The van der Waals surface area contributed by atoms with Crippen LogP contribution < -0.4 is 15.6 Å². The summed E-state index contributed by atoms with van der Waals surface area (Å²) in [5.74, 6) is -0.467. The molecule has 11 heteroatoms. The molecule has 0 bridgehead atoms. The summed E-state index contributed by atoms with van der Waals surface area (Å²) in [5.41, 5.74) is 5.94. The first-order valence-electron chi connectivity index (χ1n) is 8.81. The molecule has 29 heavy (non-hydrogen) atoms. The topological polar surface area (TPSA) is 125 Å². The molecule has 3 rings (SSSR count). The summed E-state index contributed by atoms with van der Waals surface area (Å²) in [6, 6.07) is 11.5. The highest BCUT2D eigenvalue weighted by Gasteiger charge is 2.27. The predicted octanol–water partition coefficient (Wildman–Crippen LogP) is 1.13. The summed E-state index contributed by atoms with van der Waals surface area (Å²) in [5, 5.41) is 0. The number of carbonyl (C=O) groups is 1. The van der Waals surface area contributed by atoms with Gasteiger partial charge in [0.05, 0.1) is 15.5 Å². The molecular weight excluding hydrogens is 416 g/mol. The minimum atomic E-state index is -3.56. The Balaban J connectivity index is 1.60. The third-order valence-corrected chi connectivity index (χ3v) is 7.64. The fourth-order valence-electron chi connectivity index (χ4n) is 2.40. The lowest BCUT2D eigenvalue weighted by atomic mass is 10.2. The van der Waals surface area contributed by atoms with Crippen LogP contribution in [0.25, 0.3) is 0 Å². The molecular formula is C18H22N4O5S2. The fraction of sp³-hybridized carbons (Fsp3) is 0.278. The fourth-order valence-corrected chi connectivity index (χ4v) is 4.60. The van der Waals surface area contributed by atoms with Crippen LogP contribution in [-0.4, -0.2) is 47.2 Å². The lowest BCUT2D eigenvalue weighted by Gasteiger charge is -2.12. The average molecular weight is 439 g/mol. The summed E-state index contributed by atoms with van der Waals surface area (Å²) < 4.78 is 52.1. The van der Waals surface area contributed by atoms with E-state index in [1.54, 1.807) is 0 Å². The number of anilines is 1. The molecule has 1 fully saturated rings. The zero-order chi connectivity index (χ0) is 21.2. The molecule has 1 saturated carbocycles. The van der Waals surface area contributed by atoms with Crippen molar-refractivity contribution in [2.24, 2.45) is 0 Å². The van der Waals surface area contributed by atoms with Gasteiger partial charge in [-0.05, 0) is 61.4 Å². The van der Waals surface area contributed by atoms with Crippen molar-refractivity contribution in [3.05, 3.63) is 54.1 Å². The maximum absolute atomic E-state index is 12.2. The number of hydrogen-bond donors (Lipinski definition) is 3. The van der Waals surface area contributed by atoms with Gasteiger partial charge < -0.3 is 0 Å². The first-order chi connectivity index (χ1) is 13.6. The van der Waals surface area contributed by atoms with Crippen LogP contribution in [0.5, 0.6) is 0 Å². The van der Waals surface area contributed by atoms with Crippen LogP contribution in [0.15, 0.2) is 58.3 Å². The molecule has 2 aromatic rings. The number of hydrogen-bond acceptors (Lipinski definition) is 6. The zero-order valence-electron chi connectivity index (χ0n) is 15.9. The average Bonchev–Trinajstić information content (AvgIpc) is 3.49. The molecule has 2 aromatic carbocycles. The van der Waals surface area contributed by atoms with Crippen LogP contribution in [0.2, 0.25) is 0 Å². The molecule has 1 aliphatic carbocycles. The van der Waals surface area contributed by atoms with Crippen LogP contribution in [0, 0.1) is 0 Å². The Morgan fingerprint density at radius 1 is 0.897 bits per heavy atom. The normalized spacial score (nSPS) is 14.6. The van der Waals surface area contributed by atoms with Crippen molar-refractivity contribution >= 4 is 31.6 Å². The van der Waals surface area contributed by atoms with E-state index in [1.807, 2.05) is 0 Å². The molecule has 0 atom stereocenters. The minimum Gasteiger partial charge on any atom is -0.298 e. The van der Waals surface area contributed by atoms with E-state index in [4.69, 9.17) is 0 Å². The highest BCUT2D eigenvalue weighted by atomic mass is 32.2. The van der Waals surface area contributed by atoms with Crippen molar-refractivity contribution in [1.82, 2.24) is 14.5 Å². The second-order valence-electron chi connectivity index (χ2n) is 6.81. The van der Waals surface area contributed by atoms with Gasteiger partial charge in [0.25, 0.3) is 5.91 Å². The number of rotatable bonds is 8. The summed E-state index contributed by atoms with van der Waals surface area (Å²) in [4.78, 5) is 12.5. The number of amides is 1. The van der Waals surface area contributed by atoms with Gasteiger partial charge in [0.2, 0.25) is 20.0 Å². The van der Waals surface area contributed by atoms with Crippen LogP contribution in [0.4, 0.5) is 5.69 Å². The largest absolute Gasteiger partial charge is 0.298 e. The van der Waals surface area contributed by atoms with Crippen molar-refractivity contribution in [3.8, 4) is 0 Å². The van der Waals surface area contributed by atoms with Gasteiger partial charge in [-0.25, -0.2) is 25.9 Å². The van der Waals surface area contributed by atoms with Crippen LogP contribution in [0.1, 0.15) is 23.2 Å². The smallest absolute Gasteiger partial charge is 0.269 e. The highest BCUT2D eigenvalue weighted by molar-refractivity contribution is 7.89. The van der Waals surface area contributed by atoms with Gasteiger partial charge in [0, 0.05) is 25.7 Å². The van der Waals surface area contributed by atoms with E-state index in [9.17, 15) is 21.6 Å². The molecule has 0 unspecified atom stereocenters. The maximum Gasteiger partial charge on any atom is 0.269 e. The molecule has 0 spiro atoms. The van der Waals surface area contributed by atoms with E-state index in [0.717, 1.165) is 17.1 Å². The summed E-state index contributed by atoms with van der Waals surface area (Å²) in [6.07, 6.45) is 1.71. The summed E-state index contributed by atoms with van der Waals surface area (Å²) in [7, 11) is -4.23. The summed E-state index contributed by atoms with van der Waals surface area (Å²) in [6.45, 7) is 0. The quantitative estimate of drug-likeness (QED) is 0.531. The van der Waals surface area contributed by atoms with Gasteiger partial charge in [0.15, 0.2) is 0 Å². The third kappa shape index (κ3) is 5.12. The second kappa shape index (κ2) is 8.11. The Morgan fingerprint density at radius 3 is 1.97 bits per heavy atom. The summed E-state index contributed by atoms with van der Waals surface area (Å²) >= 11 is 0. The van der Waals surface area contributed by atoms with Gasteiger partial charge in [0.1, 0.15) is 0 Å². The van der Waals surface area contributed by atoms with Gasteiger partial charge >= 0.3 is 0 Å². The lowest BCUT2D eigenvalue weighted by molar-refractivity contribution is 0.0962. The van der Waals surface area contributed by atoms with Crippen molar-refractivity contribution in [2.45, 2.75) is 28.7 Å². The number of hydrazine groups is 1.